The second-order valence-corrected chi connectivity index (χ2v) is 7.63. The minimum absolute atomic E-state index is 0.356. The van der Waals surface area contributed by atoms with Crippen LogP contribution in [0.5, 0.6) is 0 Å². The van der Waals surface area contributed by atoms with E-state index in [1.54, 1.807) is 0 Å². The Balaban J connectivity index is 2.09. The summed E-state index contributed by atoms with van der Waals surface area (Å²) in [6.45, 7) is 6.34. The van der Waals surface area contributed by atoms with Crippen molar-refractivity contribution in [1.82, 2.24) is 0 Å². The molecule has 0 unspecified atom stereocenters. The third-order valence-corrected chi connectivity index (χ3v) is 4.71. The van der Waals surface area contributed by atoms with E-state index in [1.807, 2.05) is 13.8 Å². The van der Waals surface area contributed by atoms with Crippen LogP contribution in [-0.2, 0) is 9.47 Å². The van der Waals surface area contributed by atoms with Crippen molar-refractivity contribution in [1.29, 1.82) is 0 Å². The molecule has 0 radical (unpaired) electrons. The van der Waals surface area contributed by atoms with Crippen LogP contribution in [0.2, 0.25) is 0 Å². The minimum Gasteiger partial charge on any atom is -0.350 e. The highest BCUT2D eigenvalue weighted by atomic mass is 16.7. The Morgan fingerprint density at radius 2 is 1.58 bits per heavy atom. The summed E-state index contributed by atoms with van der Waals surface area (Å²) in [5, 5.41) is 3.74. The molecule has 0 amide bonds. The highest BCUT2D eigenvalue weighted by Gasteiger charge is 2.35. The quantitative estimate of drug-likeness (QED) is 0.130. The van der Waals surface area contributed by atoms with Gasteiger partial charge in [-0.2, -0.15) is 0 Å². The Kier molecular flexibility index (Phi) is 12.2. The van der Waals surface area contributed by atoms with E-state index < -0.39 is 5.79 Å². The van der Waals surface area contributed by atoms with Crippen molar-refractivity contribution in [3.63, 3.8) is 0 Å². The molecule has 0 N–H and O–H groups in total. The zero-order chi connectivity index (χ0) is 19.1. The van der Waals surface area contributed by atoms with Crippen LogP contribution in [-0.4, -0.2) is 24.5 Å². The first kappa shape index (κ1) is 22.8. The average Bonchev–Trinajstić information content (AvgIpc) is 2.61. The molecule has 1 heterocycles. The second-order valence-electron chi connectivity index (χ2n) is 7.63. The molecule has 26 heavy (non-hydrogen) atoms. The molecule has 0 aromatic rings. The van der Waals surface area contributed by atoms with Crippen LogP contribution >= 0.6 is 0 Å². The lowest BCUT2D eigenvalue weighted by molar-refractivity contribution is -0.266. The number of ether oxygens (including phenoxy) is 2. The highest BCUT2D eigenvalue weighted by Crippen LogP contribution is 2.24. The SMILES string of the molecule is CCCCCCCCCCCCCC#C[C@H]1OC(C)(C)OC[C@@H]1N=[N+]=[N-]. The fourth-order valence-corrected chi connectivity index (χ4v) is 3.13. The molecule has 0 aromatic heterocycles. The van der Waals surface area contributed by atoms with E-state index in [9.17, 15) is 0 Å². The molecule has 0 spiro atoms. The first-order valence-corrected chi connectivity index (χ1v) is 10.4. The summed E-state index contributed by atoms with van der Waals surface area (Å²) in [4.78, 5) is 2.87. The van der Waals surface area contributed by atoms with Crippen molar-refractivity contribution < 1.29 is 9.47 Å². The molecule has 0 bridgehead atoms. The summed E-state index contributed by atoms with van der Waals surface area (Å²) >= 11 is 0. The normalized spacial score (nSPS) is 21.5. The van der Waals surface area contributed by atoms with Gasteiger partial charge in [0.15, 0.2) is 5.79 Å². The first-order chi connectivity index (χ1) is 12.6. The van der Waals surface area contributed by atoms with Crippen molar-refractivity contribution >= 4 is 0 Å². The number of rotatable bonds is 12. The third kappa shape index (κ3) is 10.7. The van der Waals surface area contributed by atoms with E-state index in [1.165, 1.54) is 64.2 Å². The van der Waals surface area contributed by atoms with Crippen molar-refractivity contribution in [3.8, 4) is 11.8 Å². The molecule has 1 rings (SSSR count). The number of hydrogen-bond donors (Lipinski definition) is 0. The molecule has 1 aliphatic heterocycles. The number of unbranched alkanes of at least 4 members (excludes halogenated alkanes) is 11. The van der Waals surface area contributed by atoms with Gasteiger partial charge >= 0.3 is 0 Å². The Morgan fingerprint density at radius 3 is 2.15 bits per heavy atom. The maximum absolute atomic E-state index is 8.65. The summed E-state index contributed by atoms with van der Waals surface area (Å²) < 4.78 is 11.3. The van der Waals surface area contributed by atoms with Gasteiger partial charge in [0.05, 0.1) is 12.6 Å². The van der Waals surface area contributed by atoms with Gasteiger partial charge in [0.25, 0.3) is 0 Å². The average molecular weight is 364 g/mol. The Morgan fingerprint density at radius 1 is 1.00 bits per heavy atom. The molecule has 1 aliphatic rings. The van der Waals surface area contributed by atoms with E-state index in [-0.39, 0.29) is 12.1 Å². The van der Waals surface area contributed by atoms with Gasteiger partial charge in [-0.25, -0.2) is 0 Å². The van der Waals surface area contributed by atoms with Crippen LogP contribution in [0.1, 0.15) is 97.8 Å². The summed E-state index contributed by atoms with van der Waals surface area (Å²) in [6.07, 6.45) is 15.2. The summed E-state index contributed by atoms with van der Waals surface area (Å²) in [5.74, 6) is 5.66. The van der Waals surface area contributed by atoms with Crippen molar-refractivity contribution in [3.05, 3.63) is 10.4 Å². The van der Waals surface area contributed by atoms with Gasteiger partial charge in [0, 0.05) is 11.3 Å². The van der Waals surface area contributed by atoms with Crippen LogP contribution in [0.4, 0.5) is 0 Å². The molecule has 0 aliphatic carbocycles. The van der Waals surface area contributed by atoms with E-state index in [4.69, 9.17) is 15.0 Å². The molecule has 148 valence electrons. The summed E-state index contributed by atoms with van der Waals surface area (Å²) in [7, 11) is 0. The number of azide groups is 1. The topological polar surface area (TPSA) is 67.2 Å². The molecular formula is C21H37N3O2. The monoisotopic (exact) mass is 363 g/mol. The predicted molar refractivity (Wildman–Crippen MR) is 107 cm³/mol. The lowest BCUT2D eigenvalue weighted by Crippen LogP contribution is -2.47. The van der Waals surface area contributed by atoms with Gasteiger partial charge in [-0.05, 0) is 25.8 Å². The van der Waals surface area contributed by atoms with Crippen LogP contribution in [0.25, 0.3) is 10.4 Å². The lowest BCUT2D eigenvalue weighted by Gasteiger charge is -2.37. The number of nitrogens with zero attached hydrogens (tertiary/aromatic N) is 3. The van der Waals surface area contributed by atoms with E-state index >= 15 is 0 Å². The van der Waals surface area contributed by atoms with Crippen molar-refractivity contribution in [2.24, 2.45) is 5.11 Å². The zero-order valence-corrected chi connectivity index (χ0v) is 17.0. The van der Waals surface area contributed by atoms with E-state index in [0.29, 0.717) is 6.61 Å². The number of hydrogen-bond acceptors (Lipinski definition) is 3. The zero-order valence-electron chi connectivity index (χ0n) is 17.0. The second kappa shape index (κ2) is 13.9. The lowest BCUT2D eigenvalue weighted by atomic mass is 10.1. The van der Waals surface area contributed by atoms with Gasteiger partial charge < -0.3 is 9.47 Å². The van der Waals surface area contributed by atoms with Crippen molar-refractivity contribution in [2.45, 2.75) is 116 Å². The molecule has 2 atom stereocenters. The predicted octanol–water partition coefficient (Wildman–Crippen LogP) is 6.52. The molecule has 1 saturated heterocycles. The van der Waals surface area contributed by atoms with Gasteiger partial charge in [-0.1, -0.05) is 82.2 Å². The largest absolute Gasteiger partial charge is 0.350 e. The Bertz CT molecular complexity index is 475. The van der Waals surface area contributed by atoms with E-state index in [2.05, 4.69) is 28.8 Å². The minimum atomic E-state index is -0.669. The van der Waals surface area contributed by atoms with Crippen LogP contribution in [0.15, 0.2) is 5.11 Å². The fourth-order valence-electron chi connectivity index (χ4n) is 3.13. The standard InChI is InChI=1S/C21H37N3O2/c1-4-5-6-7-8-9-10-11-12-13-14-15-16-17-20-19(23-24-22)18-25-21(2,3)26-20/h19-20H,4-15,18H2,1-3H3/t19-,20+/m0/s1. The van der Waals surface area contributed by atoms with Crippen LogP contribution in [0.3, 0.4) is 0 Å². The van der Waals surface area contributed by atoms with Gasteiger partial charge in [0.1, 0.15) is 6.10 Å². The van der Waals surface area contributed by atoms with Crippen molar-refractivity contribution in [2.75, 3.05) is 6.61 Å². The summed E-state index contributed by atoms with van der Waals surface area (Å²) in [5.41, 5.74) is 8.65. The maximum Gasteiger partial charge on any atom is 0.164 e. The fraction of sp³-hybridized carbons (Fsp3) is 0.905. The van der Waals surface area contributed by atoms with Crippen LogP contribution in [0, 0.1) is 11.8 Å². The molecular weight excluding hydrogens is 326 g/mol. The van der Waals surface area contributed by atoms with Gasteiger partial charge in [-0.15, -0.1) is 5.92 Å². The Hall–Kier alpha value is -1.21. The first-order valence-electron chi connectivity index (χ1n) is 10.4. The highest BCUT2D eigenvalue weighted by molar-refractivity contribution is 5.10. The van der Waals surface area contributed by atoms with Gasteiger partial charge in [0.2, 0.25) is 0 Å². The summed E-state index contributed by atoms with van der Waals surface area (Å²) in [6, 6.07) is -0.363. The molecule has 1 fully saturated rings. The maximum atomic E-state index is 8.65. The molecule has 5 heteroatoms. The van der Waals surface area contributed by atoms with Crippen LogP contribution < -0.4 is 0 Å². The van der Waals surface area contributed by atoms with Gasteiger partial charge in [-0.3, -0.25) is 0 Å². The molecule has 0 aromatic carbocycles. The molecule has 0 saturated carbocycles. The molecule has 5 nitrogen and oxygen atoms in total. The smallest absolute Gasteiger partial charge is 0.164 e. The Labute approximate surface area is 159 Å². The van der Waals surface area contributed by atoms with E-state index in [0.717, 1.165) is 12.8 Å². The third-order valence-electron chi connectivity index (χ3n) is 4.71.